The zero-order valence-electron chi connectivity index (χ0n) is 17.5. The van der Waals surface area contributed by atoms with Crippen LogP contribution in [0.1, 0.15) is 24.8 Å². The fourth-order valence-electron chi connectivity index (χ4n) is 3.96. The topological polar surface area (TPSA) is 130 Å². The highest BCUT2D eigenvalue weighted by Gasteiger charge is 2.60. The van der Waals surface area contributed by atoms with Gasteiger partial charge in [-0.25, -0.2) is 13.2 Å². The van der Waals surface area contributed by atoms with Gasteiger partial charge in [0.2, 0.25) is 0 Å². The summed E-state index contributed by atoms with van der Waals surface area (Å²) in [6.45, 7) is -1.16. The molecule has 4 N–H and O–H groups in total. The summed E-state index contributed by atoms with van der Waals surface area (Å²) in [5.74, 6) is -5.76. The second-order valence-corrected chi connectivity index (χ2v) is 10.3. The fourth-order valence-corrected chi connectivity index (χ4v) is 4.82. The average Bonchev–Trinajstić information content (AvgIpc) is 2.90. The van der Waals surface area contributed by atoms with E-state index >= 15 is 0 Å². The van der Waals surface area contributed by atoms with Gasteiger partial charge >= 0.3 is 7.12 Å². The van der Waals surface area contributed by atoms with E-state index in [1.165, 1.54) is 12.1 Å². The van der Waals surface area contributed by atoms with E-state index in [1.807, 2.05) is 4.72 Å². The lowest BCUT2D eigenvalue weighted by Gasteiger charge is -2.40. The molecule has 2 aliphatic rings. The zero-order chi connectivity index (χ0) is 24.1. The first-order chi connectivity index (χ1) is 14.7. The lowest BCUT2D eigenvalue weighted by atomic mass is 9.78. The maximum Gasteiger partial charge on any atom is 0.491 e. The molecule has 3 rings (SSSR count). The first-order valence-corrected chi connectivity index (χ1v) is 11.4. The molecule has 0 spiro atoms. The number of alkyl halides is 2. The van der Waals surface area contributed by atoms with Crippen molar-refractivity contribution < 1.29 is 41.5 Å². The minimum Gasteiger partial charge on any atom is -0.423 e. The number of nitrogens with zero attached hydrogens (tertiary/aromatic N) is 2. The van der Waals surface area contributed by atoms with Gasteiger partial charge in [-0.1, -0.05) is 18.2 Å². The predicted octanol–water partition coefficient (Wildman–Crippen LogP) is -1.43. The molecule has 0 aromatic heterocycles. The number of carbonyl (C=O) groups excluding carboxylic acids is 1. The maximum absolute atomic E-state index is 15.0. The molecule has 1 heterocycles. The summed E-state index contributed by atoms with van der Waals surface area (Å²) in [6.07, 6.45) is 0.133. The van der Waals surface area contributed by atoms with Crippen LogP contribution < -0.4 is 10.2 Å². The molecular formula is C18H25BF3N3O6S. The third-order valence-corrected chi connectivity index (χ3v) is 7.55. The van der Waals surface area contributed by atoms with Gasteiger partial charge in [-0.05, 0) is 31.2 Å². The Morgan fingerprint density at radius 3 is 2.44 bits per heavy atom. The van der Waals surface area contributed by atoms with Crippen LogP contribution >= 0.6 is 0 Å². The number of hydrogen-bond donors (Lipinski definition) is 4. The van der Waals surface area contributed by atoms with E-state index in [4.69, 9.17) is 0 Å². The highest BCUT2D eigenvalue weighted by Crippen LogP contribution is 2.40. The summed E-state index contributed by atoms with van der Waals surface area (Å²) >= 11 is 0. The zero-order valence-corrected chi connectivity index (χ0v) is 18.3. The van der Waals surface area contributed by atoms with Crippen LogP contribution in [0.5, 0.6) is 0 Å². The van der Waals surface area contributed by atoms with Gasteiger partial charge in [-0.15, -0.1) is 0 Å². The number of halogens is 3. The predicted molar refractivity (Wildman–Crippen MR) is 109 cm³/mol. The van der Waals surface area contributed by atoms with E-state index in [0.29, 0.717) is 15.6 Å². The molecule has 1 aromatic rings. The third kappa shape index (κ3) is 4.52. The molecule has 1 amide bonds. The minimum atomic E-state index is -4.36. The molecule has 32 heavy (non-hydrogen) atoms. The Hall–Kier alpha value is -1.71. The molecule has 1 aliphatic carbocycles. The van der Waals surface area contributed by atoms with Gasteiger partial charge in [0.25, 0.3) is 22.0 Å². The first kappa shape index (κ1) is 24.9. The Labute approximate surface area is 184 Å². The fraction of sp³-hybridized carbons (Fsp3) is 0.611. The molecule has 1 saturated heterocycles. The number of amides is 1. The van der Waals surface area contributed by atoms with Crippen LogP contribution in [0.15, 0.2) is 18.2 Å². The van der Waals surface area contributed by atoms with Crippen LogP contribution in [-0.4, -0.2) is 90.1 Å². The second kappa shape index (κ2) is 8.58. The largest absolute Gasteiger partial charge is 0.491 e. The molecule has 0 radical (unpaired) electrons. The van der Waals surface area contributed by atoms with Crippen LogP contribution in [0.25, 0.3) is 0 Å². The van der Waals surface area contributed by atoms with Crippen LogP contribution in [0.2, 0.25) is 0 Å². The van der Waals surface area contributed by atoms with E-state index < -0.39 is 71.1 Å². The number of rotatable bonds is 7. The van der Waals surface area contributed by atoms with Crippen molar-refractivity contribution >= 4 is 28.7 Å². The van der Waals surface area contributed by atoms with Crippen molar-refractivity contribution in [2.24, 2.45) is 0 Å². The molecule has 1 aromatic carbocycles. The van der Waals surface area contributed by atoms with Crippen molar-refractivity contribution in [1.82, 2.24) is 13.9 Å². The first-order valence-electron chi connectivity index (χ1n) is 9.94. The van der Waals surface area contributed by atoms with Crippen molar-refractivity contribution in [3.8, 4) is 0 Å². The van der Waals surface area contributed by atoms with Gasteiger partial charge in [-0.2, -0.15) is 17.4 Å². The summed E-state index contributed by atoms with van der Waals surface area (Å²) in [6, 6.07) is -0.0538. The second-order valence-electron chi connectivity index (χ2n) is 8.43. The molecule has 1 saturated carbocycles. The van der Waals surface area contributed by atoms with Crippen molar-refractivity contribution in [1.29, 1.82) is 0 Å². The van der Waals surface area contributed by atoms with Crippen LogP contribution in [0.3, 0.4) is 0 Å². The van der Waals surface area contributed by atoms with Gasteiger partial charge < -0.3 is 20.1 Å². The quantitative estimate of drug-likeness (QED) is 0.355. The monoisotopic (exact) mass is 479 g/mol. The van der Waals surface area contributed by atoms with Gasteiger partial charge in [0.05, 0.1) is 12.6 Å². The number of benzene rings is 1. The highest BCUT2D eigenvalue weighted by molar-refractivity contribution is 7.87. The standard InChI is InChI=1S/C18H25BF3N3O6S/c1-24(2)32(30,31)23-15-13(9-11-5-3-6-12(14(11)20)19(28)29)25(10-18(15,21)22)16(26)17(27)7-4-8-17/h3,5-6,13,15,23,27-29H,4,7-10H2,1-2H3/t13-,15+/m0/s1. The number of hydrogen-bond acceptors (Lipinski definition) is 6. The van der Waals surface area contributed by atoms with Crippen molar-refractivity contribution in [2.75, 3.05) is 20.6 Å². The Kier molecular flexibility index (Phi) is 6.68. The molecule has 9 nitrogen and oxygen atoms in total. The number of nitrogens with one attached hydrogen (secondary N) is 1. The van der Waals surface area contributed by atoms with E-state index in [1.54, 1.807) is 0 Å². The molecule has 178 valence electrons. The molecule has 0 bridgehead atoms. The van der Waals surface area contributed by atoms with Crippen molar-refractivity contribution in [2.45, 2.75) is 49.3 Å². The average molecular weight is 479 g/mol. The Morgan fingerprint density at radius 1 is 1.31 bits per heavy atom. The van der Waals surface area contributed by atoms with Gasteiger partial charge in [0.1, 0.15) is 17.5 Å². The third-order valence-electron chi connectivity index (χ3n) is 6.03. The van der Waals surface area contributed by atoms with E-state index in [9.17, 15) is 41.5 Å². The molecule has 0 unspecified atom stereocenters. The number of carbonyl (C=O) groups is 1. The lowest BCUT2D eigenvalue weighted by Crippen LogP contribution is -2.58. The molecular weight excluding hydrogens is 454 g/mol. The normalized spacial score (nSPS) is 24.5. The highest BCUT2D eigenvalue weighted by atomic mass is 32.2. The van der Waals surface area contributed by atoms with E-state index in [0.717, 1.165) is 20.2 Å². The molecule has 2 atom stereocenters. The summed E-state index contributed by atoms with van der Waals surface area (Å²) < 4.78 is 72.0. The molecule has 14 heteroatoms. The number of aliphatic hydroxyl groups is 1. The summed E-state index contributed by atoms with van der Waals surface area (Å²) in [7, 11) is -4.24. The van der Waals surface area contributed by atoms with Gasteiger partial charge in [0, 0.05) is 19.6 Å². The summed E-state index contributed by atoms with van der Waals surface area (Å²) in [5.41, 5.74) is -2.54. The molecule has 2 fully saturated rings. The maximum atomic E-state index is 15.0. The van der Waals surface area contributed by atoms with Crippen LogP contribution in [0.4, 0.5) is 13.2 Å². The summed E-state index contributed by atoms with van der Waals surface area (Å²) in [5, 5.41) is 29.1. The van der Waals surface area contributed by atoms with Crippen LogP contribution in [-0.2, 0) is 21.4 Å². The Balaban J connectivity index is 2.03. The lowest BCUT2D eigenvalue weighted by molar-refractivity contribution is -0.162. The van der Waals surface area contributed by atoms with Gasteiger partial charge in [0.15, 0.2) is 0 Å². The van der Waals surface area contributed by atoms with E-state index in [-0.39, 0.29) is 18.4 Å². The summed E-state index contributed by atoms with van der Waals surface area (Å²) in [4.78, 5) is 13.6. The Bertz CT molecular complexity index is 990. The number of likely N-dealkylation sites (tertiary alicyclic amines) is 1. The van der Waals surface area contributed by atoms with E-state index in [2.05, 4.69) is 0 Å². The molecule has 1 aliphatic heterocycles. The Morgan fingerprint density at radius 2 is 1.94 bits per heavy atom. The van der Waals surface area contributed by atoms with Crippen LogP contribution in [0, 0.1) is 5.82 Å². The smallest absolute Gasteiger partial charge is 0.423 e. The van der Waals surface area contributed by atoms with Crippen molar-refractivity contribution in [3.63, 3.8) is 0 Å². The van der Waals surface area contributed by atoms with Crippen molar-refractivity contribution in [3.05, 3.63) is 29.6 Å². The SMILES string of the molecule is CN(C)S(=O)(=O)N[C@@H]1[C@H](Cc2cccc(B(O)O)c2F)N(C(=O)C2(O)CCC2)CC1(F)F. The van der Waals surface area contributed by atoms with Gasteiger partial charge in [-0.3, -0.25) is 4.79 Å². The minimum absolute atomic E-state index is 0.0786.